The first-order valence-corrected chi connectivity index (χ1v) is 4.94. The first-order chi connectivity index (χ1) is 7.38. The molecule has 0 aliphatic heterocycles. The molecule has 0 amide bonds. The molecule has 1 aromatic heterocycles. The Balaban J connectivity index is 2.27. The molecule has 0 saturated heterocycles. The summed E-state index contributed by atoms with van der Waals surface area (Å²) >= 11 is 0. The van der Waals surface area contributed by atoms with Crippen molar-refractivity contribution in [3.8, 4) is 0 Å². The fraction of sp³-hybridized carbons (Fsp3) is 0.778. The molecule has 0 bridgehead atoms. The lowest BCUT2D eigenvalue weighted by Crippen LogP contribution is -2.18. The minimum Gasteiger partial charge on any atom is -0.372 e. The van der Waals surface area contributed by atoms with Crippen LogP contribution in [0.15, 0.2) is 0 Å². The molecule has 1 N–H and O–H groups in total. The van der Waals surface area contributed by atoms with E-state index in [1.54, 1.807) is 0 Å². The number of H-pyrrole nitrogens is 1. The number of nitrogens with one attached hydrogen (secondary N) is 1. The van der Waals surface area contributed by atoms with Gasteiger partial charge in [-0.3, -0.25) is 5.10 Å². The molecule has 0 aromatic carbocycles. The number of hydrogen-bond acceptors (Lipinski definition) is 3. The third-order valence-corrected chi connectivity index (χ3v) is 1.81. The molecule has 0 unspecified atom stereocenters. The molecule has 4 nitrogen and oxygen atoms in total. The fourth-order valence-electron chi connectivity index (χ4n) is 1.04. The van der Waals surface area contributed by atoms with Crippen molar-refractivity contribution < 1.29 is 17.9 Å². The Morgan fingerprint density at radius 3 is 2.56 bits per heavy atom. The van der Waals surface area contributed by atoms with Crippen LogP contribution in [-0.4, -0.2) is 34.6 Å². The van der Waals surface area contributed by atoms with Crippen molar-refractivity contribution in [2.45, 2.75) is 32.4 Å². The van der Waals surface area contributed by atoms with Crippen LogP contribution in [0.1, 0.15) is 31.4 Å². The third kappa shape index (κ3) is 4.61. The molecule has 0 aliphatic rings. The second kappa shape index (κ2) is 5.29. The van der Waals surface area contributed by atoms with Gasteiger partial charge in [0.25, 0.3) is 0 Å². The summed E-state index contributed by atoms with van der Waals surface area (Å²) in [4.78, 5) is 4.12. The Kier molecular flexibility index (Phi) is 4.28. The molecule has 1 aromatic rings. The highest BCUT2D eigenvalue weighted by Gasteiger charge is 2.27. The van der Waals surface area contributed by atoms with Crippen LogP contribution in [0.3, 0.4) is 0 Å². The molecule has 92 valence electrons. The van der Waals surface area contributed by atoms with E-state index in [-0.39, 0.29) is 12.5 Å². The van der Waals surface area contributed by atoms with Crippen molar-refractivity contribution in [3.63, 3.8) is 0 Å². The van der Waals surface area contributed by atoms with Crippen molar-refractivity contribution in [2.75, 3.05) is 13.2 Å². The first-order valence-electron chi connectivity index (χ1n) is 4.94. The maximum absolute atomic E-state index is 11.7. The first kappa shape index (κ1) is 13.0. The largest absolute Gasteiger partial charge is 0.411 e. The highest BCUT2D eigenvalue weighted by Crippen LogP contribution is 2.14. The summed E-state index contributed by atoms with van der Waals surface area (Å²) in [5, 5.41) is 6.59. The summed E-state index contributed by atoms with van der Waals surface area (Å²) < 4.78 is 39.7. The number of hydrogen-bond donors (Lipinski definition) is 1. The van der Waals surface area contributed by atoms with Crippen molar-refractivity contribution in [2.24, 2.45) is 0 Å². The molecule has 1 rings (SSSR count). The van der Waals surface area contributed by atoms with Gasteiger partial charge in [-0.15, -0.1) is 0 Å². The minimum atomic E-state index is -4.27. The van der Waals surface area contributed by atoms with Gasteiger partial charge >= 0.3 is 6.18 Å². The zero-order valence-electron chi connectivity index (χ0n) is 9.14. The van der Waals surface area contributed by atoms with E-state index >= 15 is 0 Å². The quantitative estimate of drug-likeness (QED) is 0.797. The monoisotopic (exact) mass is 237 g/mol. The maximum atomic E-state index is 11.7. The molecule has 0 aliphatic carbocycles. The van der Waals surface area contributed by atoms with Gasteiger partial charge in [-0.25, -0.2) is 4.98 Å². The van der Waals surface area contributed by atoms with Crippen molar-refractivity contribution in [1.29, 1.82) is 0 Å². The Bertz CT molecular complexity index is 322. The van der Waals surface area contributed by atoms with E-state index in [0.29, 0.717) is 18.1 Å². The second-order valence-corrected chi connectivity index (χ2v) is 3.71. The summed E-state index contributed by atoms with van der Waals surface area (Å²) in [5.74, 6) is 1.40. The van der Waals surface area contributed by atoms with Crippen LogP contribution in [0.2, 0.25) is 0 Å². The molecule has 1 heterocycles. The average Bonchev–Trinajstić information content (AvgIpc) is 2.59. The van der Waals surface area contributed by atoms with Gasteiger partial charge in [0.05, 0.1) is 6.61 Å². The predicted molar refractivity (Wildman–Crippen MR) is 51.0 cm³/mol. The van der Waals surface area contributed by atoms with Crippen LogP contribution >= 0.6 is 0 Å². The van der Waals surface area contributed by atoms with Gasteiger partial charge in [-0.1, -0.05) is 13.8 Å². The maximum Gasteiger partial charge on any atom is 0.411 e. The zero-order chi connectivity index (χ0) is 12.2. The number of aromatic amines is 1. The van der Waals surface area contributed by atoms with Crippen LogP contribution in [0.4, 0.5) is 13.2 Å². The number of halogens is 3. The Morgan fingerprint density at radius 1 is 1.38 bits per heavy atom. The molecule has 16 heavy (non-hydrogen) atoms. The fourth-order valence-corrected chi connectivity index (χ4v) is 1.04. The SMILES string of the molecule is CC(C)c1n[nH]c(CCOCC(F)(F)F)n1. The molecule has 0 spiro atoms. The van der Waals surface area contributed by atoms with Gasteiger partial charge in [0.15, 0.2) is 5.82 Å². The standard InChI is InChI=1S/C9H14F3N3O/c1-6(2)8-13-7(14-15-8)3-4-16-5-9(10,11)12/h6H,3-5H2,1-2H3,(H,13,14,15). The van der Waals surface area contributed by atoms with Crippen LogP contribution in [0.5, 0.6) is 0 Å². The van der Waals surface area contributed by atoms with E-state index in [1.165, 1.54) is 0 Å². The van der Waals surface area contributed by atoms with Crippen LogP contribution in [-0.2, 0) is 11.2 Å². The lowest BCUT2D eigenvalue weighted by molar-refractivity contribution is -0.173. The third-order valence-electron chi connectivity index (χ3n) is 1.81. The molecule has 0 atom stereocenters. The van der Waals surface area contributed by atoms with E-state index in [1.807, 2.05) is 13.8 Å². The zero-order valence-corrected chi connectivity index (χ0v) is 9.14. The van der Waals surface area contributed by atoms with Gasteiger partial charge in [0.2, 0.25) is 0 Å². The van der Waals surface area contributed by atoms with Gasteiger partial charge in [-0.05, 0) is 0 Å². The van der Waals surface area contributed by atoms with E-state index in [0.717, 1.165) is 0 Å². The summed E-state index contributed by atoms with van der Waals surface area (Å²) in [6.45, 7) is 2.63. The van der Waals surface area contributed by atoms with Crippen molar-refractivity contribution >= 4 is 0 Å². The molecule has 0 saturated carbocycles. The topological polar surface area (TPSA) is 50.8 Å². The van der Waals surface area contributed by atoms with E-state index < -0.39 is 12.8 Å². The number of rotatable bonds is 5. The number of aromatic nitrogens is 3. The Hall–Kier alpha value is -1.11. The predicted octanol–water partition coefficient (Wildman–Crippen LogP) is 2.05. The van der Waals surface area contributed by atoms with Gasteiger partial charge in [0.1, 0.15) is 12.4 Å². The summed E-state index contributed by atoms with van der Waals surface area (Å²) in [5.41, 5.74) is 0. The highest BCUT2D eigenvalue weighted by atomic mass is 19.4. The van der Waals surface area contributed by atoms with E-state index in [4.69, 9.17) is 0 Å². The van der Waals surface area contributed by atoms with Gasteiger partial charge in [0, 0.05) is 12.3 Å². The van der Waals surface area contributed by atoms with Crippen LogP contribution < -0.4 is 0 Å². The highest BCUT2D eigenvalue weighted by molar-refractivity contribution is 4.94. The Labute approximate surface area is 91.2 Å². The van der Waals surface area contributed by atoms with Gasteiger partial charge < -0.3 is 4.74 Å². The molecular weight excluding hydrogens is 223 g/mol. The lowest BCUT2D eigenvalue weighted by Gasteiger charge is -2.05. The smallest absolute Gasteiger partial charge is 0.372 e. The van der Waals surface area contributed by atoms with E-state index in [2.05, 4.69) is 19.9 Å². The Morgan fingerprint density at radius 2 is 2.06 bits per heavy atom. The van der Waals surface area contributed by atoms with Crippen molar-refractivity contribution in [1.82, 2.24) is 15.2 Å². The number of alkyl halides is 3. The summed E-state index contributed by atoms with van der Waals surface area (Å²) in [6.07, 6.45) is -3.97. The van der Waals surface area contributed by atoms with Crippen LogP contribution in [0, 0.1) is 0 Å². The summed E-state index contributed by atoms with van der Waals surface area (Å²) in [7, 11) is 0. The number of nitrogens with zero attached hydrogens (tertiary/aromatic N) is 2. The van der Waals surface area contributed by atoms with Crippen LogP contribution in [0.25, 0.3) is 0 Å². The summed E-state index contributed by atoms with van der Waals surface area (Å²) in [6, 6.07) is 0. The molecule has 7 heteroatoms. The lowest BCUT2D eigenvalue weighted by atomic mass is 10.2. The van der Waals surface area contributed by atoms with E-state index in [9.17, 15) is 13.2 Å². The van der Waals surface area contributed by atoms with Crippen molar-refractivity contribution in [3.05, 3.63) is 11.6 Å². The molecule has 0 fully saturated rings. The number of ether oxygens (including phenoxy) is 1. The van der Waals surface area contributed by atoms with Gasteiger partial charge in [-0.2, -0.15) is 18.3 Å². The minimum absolute atomic E-state index is 0.0216. The normalized spacial score (nSPS) is 12.4. The average molecular weight is 237 g/mol. The second-order valence-electron chi connectivity index (χ2n) is 3.71. The molecule has 0 radical (unpaired) electrons. The molecular formula is C9H14F3N3O.